The normalized spacial score (nSPS) is 10.4. The molecular formula is C14H9Cl2FO3. The minimum atomic E-state index is -1.18. The van der Waals surface area contributed by atoms with E-state index in [0.717, 1.165) is 12.1 Å². The van der Waals surface area contributed by atoms with Gasteiger partial charge in [0.1, 0.15) is 11.6 Å². The second-order valence-corrected chi connectivity index (χ2v) is 4.78. The van der Waals surface area contributed by atoms with E-state index in [1.165, 1.54) is 25.3 Å². The summed E-state index contributed by atoms with van der Waals surface area (Å²) in [5, 5.41) is 9.63. The van der Waals surface area contributed by atoms with Gasteiger partial charge in [-0.05, 0) is 24.3 Å². The average Bonchev–Trinajstić information content (AvgIpc) is 2.40. The Kier molecular flexibility index (Phi) is 4.16. The molecule has 1 N–H and O–H groups in total. The summed E-state index contributed by atoms with van der Waals surface area (Å²) in [5.74, 6) is -1.38. The van der Waals surface area contributed by atoms with Crippen molar-refractivity contribution in [3.63, 3.8) is 0 Å². The monoisotopic (exact) mass is 314 g/mol. The highest BCUT2D eigenvalue weighted by molar-refractivity contribution is 6.36. The maximum atomic E-state index is 13.4. The zero-order valence-corrected chi connectivity index (χ0v) is 11.8. The molecule has 0 saturated heterocycles. The van der Waals surface area contributed by atoms with E-state index in [0.29, 0.717) is 11.3 Å². The van der Waals surface area contributed by atoms with Crippen LogP contribution < -0.4 is 4.74 Å². The van der Waals surface area contributed by atoms with Gasteiger partial charge in [-0.15, -0.1) is 0 Å². The average molecular weight is 315 g/mol. The summed E-state index contributed by atoms with van der Waals surface area (Å²) in [6, 6.07) is 6.26. The van der Waals surface area contributed by atoms with E-state index in [1.807, 2.05) is 0 Å². The van der Waals surface area contributed by atoms with Crippen LogP contribution in [0.3, 0.4) is 0 Å². The predicted molar refractivity (Wildman–Crippen MR) is 75.4 cm³/mol. The summed E-state index contributed by atoms with van der Waals surface area (Å²) in [4.78, 5) is 11.2. The Morgan fingerprint density at radius 1 is 1.15 bits per heavy atom. The molecular weight excluding hydrogens is 306 g/mol. The quantitative estimate of drug-likeness (QED) is 0.906. The van der Waals surface area contributed by atoms with Crippen molar-refractivity contribution < 1.29 is 19.0 Å². The van der Waals surface area contributed by atoms with Crippen LogP contribution >= 0.6 is 23.2 Å². The molecule has 0 fully saturated rings. The topological polar surface area (TPSA) is 46.5 Å². The molecule has 0 aliphatic carbocycles. The Morgan fingerprint density at radius 3 is 2.45 bits per heavy atom. The lowest BCUT2D eigenvalue weighted by Gasteiger charge is -2.11. The maximum absolute atomic E-state index is 13.4. The number of aromatic carboxylic acids is 1. The Balaban J connectivity index is 2.71. The zero-order valence-electron chi connectivity index (χ0n) is 10.3. The van der Waals surface area contributed by atoms with Crippen molar-refractivity contribution in [3.05, 3.63) is 51.8 Å². The largest absolute Gasteiger partial charge is 0.495 e. The van der Waals surface area contributed by atoms with Crippen molar-refractivity contribution in [2.75, 3.05) is 7.11 Å². The Hall–Kier alpha value is -1.78. The first-order valence-corrected chi connectivity index (χ1v) is 6.26. The molecule has 6 heteroatoms. The van der Waals surface area contributed by atoms with E-state index >= 15 is 0 Å². The molecule has 0 spiro atoms. The molecule has 3 nitrogen and oxygen atoms in total. The Labute approximate surface area is 124 Å². The van der Waals surface area contributed by atoms with E-state index < -0.39 is 11.8 Å². The van der Waals surface area contributed by atoms with Crippen molar-refractivity contribution in [2.45, 2.75) is 0 Å². The third kappa shape index (κ3) is 2.71. The molecule has 0 radical (unpaired) electrons. The molecule has 0 aliphatic rings. The van der Waals surface area contributed by atoms with Gasteiger partial charge in [0.15, 0.2) is 0 Å². The van der Waals surface area contributed by atoms with Gasteiger partial charge in [-0.25, -0.2) is 9.18 Å². The fourth-order valence-corrected chi connectivity index (χ4v) is 2.31. The molecule has 2 aromatic carbocycles. The molecule has 104 valence electrons. The van der Waals surface area contributed by atoms with Gasteiger partial charge in [0.2, 0.25) is 0 Å². The maximum Gasteiger partial charge on any atom is 0.336 e. The Morgan fingerprint density at radius 2 is 1.85 bits per heavy atom. The molecule has 20 heavy (non-hydrogen) atoms. The standard InChI is InChI=1S/C14H9Cl2FO3/c1-20-13-6-11(15)10(5-12(13)16)9-4-7(17)2-3-8(9)14(18)19/h2-6H,1H3,(H,18,19). The summed E-state index contributed by atoms with van der Waals surface area (Å²) in [5.41, 5.74) is 0.427. The number of carboxylic acid groups (broad SMARTS) is 1. The van der Waals surface area contributed by atoms with Crippen LogP contribution in [0, 0.1) is 5.82 Å². The van der Waals surface area contributed by atoms with Crippen LogP contribution in [0.5, 0.6) is 5.75 Å². The van der Waals surface area contributed by atoms with E-state index in [-0.39, 0.29) is 21.2 Å². The number of benzene rings is 2. The minimum absolute atomic E-state index is 0.0606. The van der Waals surface area contributed by atoms with E-state index in [4.69, 9.17) is 33.0 Å². The number of ether oxygens (including phenoxy) is 1. The van der Waals surface area contributed by atoms with Gasteiger partial charge in [0, 0.05) is 17.2 Å². The van der Waals surface area contributed by atoms with E-state index in [2.05, 4.69) is 0 Å². The Bertz CT molecular complexity index is 686. The number of rotatable bonds is 3. The van der Waals surface area contributed by atoms with Crippen molar-refractivity contribution in [3.8, 4) is 16.9 Å². The van der Waals surface area contributed by atoms with Crippen LogP contribution in [-0.2, 0) is 0 Å². The molecule has 0 heterocycles. The molecule has 0 atom stereocenters. The first kappa shape index (κ1) is 14.6. The van der Waals surface area contributed by atoms with Crippen LogP contribution in [0.1, 0.15) is 10.4 Å². The van der Waals surface area contributed by atoms with Crippen LogP contribution in [0.15, 0.2) is 30.3 Å². The van der Waals surface area contributed by atoms with Crippen molar-refractivity contribution >= 4 is 29.2 Å². The highest BCUT2D eigenvalue weighted by Crippen LogP contribution is 2.38. The van der Waals surface area contributed by atoms with Gasteiger partial charge in [-0.2, -0.15) is 0 Å². The second-order valence-electron chi connectivity index (χ2n) is 3.96. The smallest absolute Gasteiger partial charge is 0.336 e. The third-order valence-electron chi connectivity index (χ3n) is 2.74. The van der Waals surface area contributed by atoms with Gasteiger partial charge in [0.25, 0.3) is 0 Å². The fourth-order valence-electron chi connectivity index (χ4n) is 1.82. The van der Waals surface area contributed by atoms with Gasteiger partial charge in [-0.1, -0.05) is 23.2 Å². The van der Waals surface area contributed by atoms with Gasteiger partial charge < -0.3 is 9.84 Å². The lowest BCUT2D eigenvalue weighted by atomic mass is 9.99. The number of hydrogen-bond donors (Lipinski definition) is 1. The number of carboxylic acids is 1. The summed E-state index contributed by atoms with van der Waals surface area (Å²) in [6.07, 6.45) is 0. The lowest BCUT2D eigenvalue weighted by molar-refractivity contribution is 0.0697. The summed E-state index contributed by atoms with van der Waals surface area (Å²) < 4.78 is 18.4. The molecule has 0 saturated carbocycles. The lowest BCUT2D eigenvalue weighted by Crippen LogP contribution is -2.00. The molecule has 0 unspecified atom stereocenters. The summed E-state index contributed by atoms with van der Waals surface area (Å²) in [6.45, 7) is 0. The number of methoxy groups -OCH3 is 1. The number of carbonyl (C=O) groups is 1. The zero-order chi connectivity index (χ0) is 14.9. The van der Waals surface area contributed by atoms with Crippen LogP contribution in [0.2, 0.25) is 10.0 Å². The summed E-state index contributed by atoms with van der Waals surface area (Å²) in [7, 11) is 1.43. The molecule has 0 aromatic heterocycles. The number of halogens is 3. The molecule has 0 aliphatic heterocycles. The van der Waals surface area contributed by atoms with Crippen molar-refractivity contribution in [1.29, 1.82) is 0 Å². The van der Waals surface area contributed by atoms with Crippen molar-refractivity contribution in [2.24, 2.45) is 0 Å². The first-order valence-electron chi connectivity index (χ1n) is 5.50. The number of hydrogen-bond acceptors (Lipinski definition) is 2. The summed E-state index contributed by atoms with van der Waals surface area (Å²) >= 11 is 12.1. The highest BCUT2D eigenvalue weighted by atomic mass is 35.5. The van der Waals surface area contributed by atoms with E-state index in [9.17, 15) is 9.18 Å². The van der Waals surface area contributed by atoms with Gasteiger partial charge >= 0.3 is 5.97 Å². The minimum Gasteiger partial charge on any atom is -0.495 e. The molecule has 0 bridgehead atoms. The second kappa shape index (κ2) is 5.69. The van der Waals surface area contributed by atoms with Crippen molar-refractivity contribution in [1.82, 2.24) is 0 Å². The van der Waals surface area contributed by atoms with Gasteiger partial charge in [0.05, 0.1) is 22.7 Å². The van der Waals surface area contributed by atoms with Crippen LogP contribution in [0.4, 0.5) is 4.39 Å². The highest BCUT2D eigenvalue weighted by Gasteiger charge is 2.17. The first-order chi connectivity index (χ1) is 9.43. The van der Waals surface area contributed by atoms with Crippen LogP contribution in [-0.4, -0.2) is 18.2 Å². The molecule has 2 aromatic rings. The third-order valence-corrected chi connectivity index (χ3v) is 3.35. The van der Waals surface area contributed by atoms with Crippen LogP contribution in [0.25, 0.3) is 11.1 Å². The molecule has 0 amide bonds. The SMILES string of the molecule is COc1cc(Cl)c(-c2cc(F)ccc2C(=O)O)cc1Cl. The van der Waals surface area contributed by atoms with Gasteiger partial charge in [-0.3, -0.25) is 0 Å². The fraction of sp³-hybridized carbons (Fsp3) is 0.0714. The predicted octanol–water partition coefficient (Wildman–Crippen LogP) is 4.51. The van der Waals surface area contributed by atoms with E-state index in [1.54, 1.807) is 0 Å². The molecule has 2 rings (SSSR count).